The lowest BCUT2D eigenvalue weighted by atomic mass is 10.1. The van der Waals surface area contributed by atoms with E-state index in [9.17, 15) is 4.39 Å². The maximum Gasteiger partial charge on any atom is 0.191 e. The van der Waals surface area contributed by atoms with Gasteiger partial charge in [-0.15, -0.1) is 24.0 Å². The zero-order valence-corrected chi connectivity index (χ0v) is 14.5. The van der Waals surface area contributed by atoms with Crippen LogP contribution in [0.2, 0.25) is 0 Å². The van der Waals surface area contributed by atoms with E-state index in [4.69, 9.17) is 5.73 Å². The molecule has 2 N–H and O–H groups in total. The Balaban J connectivity index is 0.00000180. The predicted molar refractivity (Wildman–Crippen MR) is 90.3 cm³/mol. The topological polar surface area (TPSA) is 41.6 Å². The molecular weight excluding hydrogens is 424 g/mol. The number of nitrogens with zero attached hydrogens (tertiary/aromatic N) is 2. The number of rotatable bonds is 2. The van der Waals surface area contributed by atoms with Crippen LogP contribution in [-0.2, 0) is 6.54 Å². The molecule has 1 aromatic rings. The molecule has 1 saturated heterocycles. The minimum absolute atomic E-state index is 0. The first-order valence-electron chi connectivity index (χ1n) is 6.15. The Hall–Kier alpha value is -0.370. The molecule has 106 valence electrons. The molecule has 1 heterocycles. The van der Waals surface area contributed by atoms with Crippen molar-refractivity contribution in [3.63, 3.8) is 0 Å². The van der Waals surface area contributed by atoms with Gasteiger partial charge in [-0.3, -0.25) is 0 Å². The number of guanidine groups is 1. The van der Waals surface area contributed by atoms with E-state index in [-0.39, 0.29) is 29.8 Å². The normalized spacial score (nSPS) is 16.1. The third-order valence-corrected chi connectivity index (χ3v) is 3.87. The zero-order chi connectivity index (χ0) is 13.0. The van der Waals surface area contributed by atoms with E-state index in [2.05, 4.69) is 25.8 Å². The number of likely N-dealkylation sites (tertiary alicyclic amines) is 1. The zero-order valence-electron chi connectivity index (χ0n) is 10.6. The van der Waals surface area contributed by atoms with Crippen molar-refractivity contribution in [1.82, 2.24) is 4.90 Å². The van der Waals surface area contributed by atoms with Gasteiger partial charge in [-0.2, -0.15) is 0 Å². The molecule has 6 heteroatoms. The third kappa shape index (κ3) is 4.91. The molecule has 0 radical (unpaired) electrons. The highest BCUT2D eigenvalue weighted by Crippen LogP contribution is 2.18. The van der Waals surface area contributed by atoms with Crippen molar-refractivity contribution in [2.75, 3.05) is 13.1 Å². The Morgan fingerprint density at radius 2 is 2.00 bits per heavy atom. The molecule has 0 atom stereocenters. The minimum Gasteiger partial charge on any atom is -0.370 e. The van der Waals surface area contributed by atoms with Gasteiger partial charge in [0.1, 0.15) is 5.82 Å². The van der Waals surface area contributed by atoms with Crippen molar-refractivity contribution in [2.24, 2.45) is 10.7 Å². The summed E-state index contributed by atoms with van der Waals surface area (Å²) in [4.78, 5) is 6.44. The molecule has 0 bridgehead atoms. The molecule has 1 aliphatic heterocycles. The summed E-state index contributed by atoms with van der Waals surface area (Å²) in [6, 6.07) is 4.60. The van der Waals surface area contributed by atoms with Crippen LogP contribution in [-0.4, -0.2) is 23.9 Å². The van der Waals surface area contributed by atoms with Gasteiger partial charge in [-0.25, -0.2) is 9.38 Å². The smallest absolute Gasteiger partial charge is 0.191 e. The average Bonchev–Trinajstić information content (AvgIpc) is 2.40. The van der Waals surface area contributed by atoms with Crippen molar-refractivity contribution in [2.45, 2.75) is 25.8 Å². The summed E-state index contributed by atoms with van der Waals surface area (Å²) in [5, 5.41) is 0. The van der Waals surface area contributed by atoms with E-state index >= 15 is 0 Å². The van der Waals surface area contributed by atoms with E-state index in [0.29, 0.717) is 12.5 Å². The van der Waals surface area contributed by atoms with Gasteiger partial charge in [0.05, 0.1) is 6.54 Å². The second-order valence-corrected chi connectivity index (χ2v) is 5.31. The van der Waals surface area contributed by atoms with Crippen LogP contribution in [0.5, 0.6) is 0 Å². The molecule has 0 spiro atoms. The first-order chi connectivity index (χ1) is 8.66. The summed E-state index contributed by atoms with van der Waals surface area (Å²) in [7, 11) is 0. The van der Waals surface area contributed by atoms with Crippen LogP contribution < -0.4 is 5.73 Å². The van der Waals surface area contributed by atoms with Crippen LogP contribution in [0.15, 0.2) is 27.7 Å². The SMILES string of the molecule is I.NC(=NCc1cc(F)ccc1Br)N1CCCCC1. The van der Waals surface area contributed by atoms with Crippen LogP contribution in [0.3, 0.4) is 0 Å². The summed E-state index contributed by atoms with van der Waals surface area (Å²) in [6.07, 6.45) is 3.60. The van der Waals surface area contributed by atoms with Gasteiger partial charge in [-0.05, 0) is 43.0 Å². The standard InChI is InChI=1S/C13H17BrFN3.HI/c14-12-5-4-11(15)8-10(12)9-17-13(16)18-6-2-1-3-7-18;/h4-5,8H,1-3,6-7,9H2,(H2,16,17);1H. The van der Waals surface area contributed by atoms with E-state index in [1.807, 2.05) is 0 Å². The fourth-order valence-electron chi connectivity index (χ4n) is 2.05. The number of aliphatic imine (C=N–C) groups is 1. The third-order valence-electron chi connectivity index (χ3n) is 3.10. The van der Waals surface area contributed by atoms with E-state index in [1.54, 1.807) is 6.07 Å². The van der Waals surface area contributed by atoms with Gasteiger partial charge in [0.2, 0.25) is 0 Å². The highest BCUT2D eigenvalue weighted by molar-refractivity contribution is 14.0. The van der Waals surface area contributed by atoms with Crippen LogP contribution in [0.4, 0.5) is 4.39 Å². The second kappa shape index (κ2) is 8.04. The molecule has 0 aliphatic carbocycles. The maximum absolute atomic E-state index is 13.1. The van der Waals surface area contributed by atoms with Gasteiger partial charge < -0.3 is 10.6 Å². The van der Waals surface area contributed by atoms with Crippen LogP contribution in [0.1, 0.15) is 24.8 Å². The van der Waals surface area contributed by atoms with E-state index < -0.39 is 0 Å². The van der Waals surface area contributed by atoms with Crippen molar-refractivity contribution in [1.29, 1.82) is 0 Å². The highest BCUT2D eigenvalue weighted by atomic mass is 127. The molecule has 3 nitrogen and oxygen atoms in total. The number of hydrogen-bond donors (Lipinski definition) is 1. The minimum atomic E-state index is -0.250. The van der Waals surface area contributed by atoms with Gasteiger partial charge in [0, 0.05) is 17.6 Å². The van der Waals surface area contributed by atoms with Crippen LogP contribution in [0, 0.1) is 5.82 Å². The average molecular weight is 442 g/mol. The molecule has 1 fully saturated rings. The molecule has 0 unspecified atom stereocenters. The largest absolute Gasteiger partial charge is 0.370 e. The summed E-state index contributed by atoms with van der Waals surface area (Å²) >= 11 is 3.39. The molecule has 19 heavy (non-hydrogen) atoms. The van der Waals surface area contributed by atoms with Crippen LogP contribution in [0.25, 0.3) is 0 Å². The van der Waals surface area contributed by atoms with Crippen molar-refractivity contribution < 1.29 is 4.39 Å². The Morgan fingerprint density at radius 1 is 1.32 bits per heavy atom. The molecule has 1 aliphatic rings. The fourth-order valence-corrected chi connectivity index (χ4v) is 2.43. The van der Waals surface area contributed by atoms with Crippen molar-refractivity contribution in [3.05, 3.63) is 34.1 Å². The summed E-state index contributed by atoms with van der Waals surface area (Å²) in [6.45, 7) is 2.35. The molecule has 0 aromatic heterocycles. The maximum atomic E-state index is 13.1. The van der Waals surface area contributed by atoms with Gasteiger partial charge in [0.15, 0.2) is 5.96 Å². The Bertz CT molecular complexity index is 448. The van der Waals surface area contributed by atoms with Gasteiger partial charge in [0.25, 0.3) is 0 Å². The van der Waals surface area contributed by atoms with E-state index in [0.717, 1.165) is 23.1 Å². The molecule has 0 saturated carbocycles. The number of hydrogen-bond acceptors (Lipinski definition) is 1. The fraction of sp³-hybridized carbons (Fsp3) is 0.462. The van der Waals surface area contributed by atoms with Crippen molar-refractivity contribution >= 4 is 45.9 Å². The number of nitrogens with two attached hydrogens (primary N) is 1. The first-order valence-corrected chi connectivity index (χ1v) is 6.95. The Morgan fingerprint density at radius 3 is 2.68 bits per heavy atom. The molecule has 0 amide bonds. The summed E-state index contributed by atoms with van der Waals surface area (Å²) in [5.74, 6) is 0.311. The Labute approximate surface area is 138 Å². The molecule has 2 rings (SSSR count). The van der Waals surface area contributed by atoms with Gasteiger partial charge >= 0.3 is 0 Å². The highest BCUT2D eigenvalue weighted by Gasteiger charge is 2.11. The lowest BCUT2D eigenvalue weighted by Gasteiger charge is -2.27. The molecular formula is C13H18BrFIN3. The lowest BCUT2D eigenvalue weighted by molar-refractivity contribution is 0.338. The predicted octanol–water partition coefficient (Wildman–Crippen LogP) is 3.51. The Kier molecular flexibility index (Phi) is 7.06. The van der Waals surface area contributed by atoms with Crippen LogP contribution >= 0.6 is 39.9 Å². The quantitative estimate of drug-likeness (QED) is 0.433. The summed E-state index contributed by atoms with van der Waals surface area (Å²) < 4.78 is 14.0. The number of piperidine rings is 1. The monoisotopic (exact) mass is 441 g/mol. The number of halogens is 3. The summed E-state index contributed by atoms with van der Waals surface area (Å²) in [5.41, 5.74) is 6.77. The first kappa shape index (κ1) is 16.7. The van der Waals surface area contributed by atoms with E-state index in [1.165, 1.54) is 31.4 Å². The number of benzene rings is 1. The lowest BCUT2D eigenvalue weighted by Crippen LogP contribution is -2.40. The molecule has 1 aromatic carbocycles. The second-order valence-electron chi connectivity index (χ2n) is 4.46. The van der Waals surface area contributed by atoms with Gasteiger partial charge in [-0.1, -0.05) is 15.9 Å². The van der Waals surface area contributed by atoms with Crippen molar-refractivity contribution in [3.8, 4) is 0 Å².